The molecule has 90 valence electrons. The molecule has 1 aromatic heterocycles. The Morgan fingerprint density at radius 3 is 2.88 bits per heavy atom. The molecule has 1 aliphatic heterocycles. The molecule has 0 amide bonds. The number of rotatable bonds is 4. The summed E-state index contributed by atoms with van der Waals surface area (Å²) in [5.74, 6) is 0.821. The zero-order valence-electron chi connectivity index (χ0n) is 8.63. The largest absolute Gasteiger partial charge is 0.452 e. The van der Waals surface area contributed by atoms with Gasteiger partial charge in [-0.25, -0.2) is 0 Å². The Bertz CT molecular complexity index is 341. The zero-order valence-corrected chi connectivity index (χ0v) is 11.8. The fourth-order valence-electron chi connectivity index (χ4n) is 1.63. The van der Waals surface area contributed by atoms with Crippen molar-refractivity contribution >= 4 is 31.9 Å². The third-order valence-electron chi connectivity index (χ3n) is 2.53. The van der Waals surface area contributed by atoms with E-state index in [4.69, 9.17) is 9.15 Å². The number of hydrogen-bond donors (Lipinski definition) is 2. The maximum atomic E-state index is 9.99. The molecule has 0 aromatic carbocycles. The van der Waals surface area contributed by atoms with Gasteiger partial charge in [0.1, 0.15) is 11.4 Å². The van der Waals surface area contributed by atoms with Crippen molar-refractivity contribution in [2.45, 2.75) is 18.6 Å². The number of ether oxygens (including phenoxy) is 1. The van der Waals surface area contributed by atoms with Gasteiger partial charge in [-0.2, -0.15) is 0 Å². The standard InChI is InChI=1S/C10H13Br2NO3/c11-8-3-7(16-9(8)12)4-13-5-10(14)1-2-15-6-10/h3,13-14H,1-2,4-6H2. The van der Waals surface area contributed by atoms with Crippen molar-refractivity contribution < 1.29 is 14.3 Å². The molecule has 1 unspecified atom stereocenters. The van der Waals surface area contributed by atoms with E-state index in [2.05, 4.69) is 37.2 Å². The second-order valence-corrected chi connectivity index (χ2v) is 5.54. The summed E-state index contributed by atoms with van der Waals surface area (Å²) in [7, 11) is 0. The minimum absolute atomic E-state index is 0.408. The van der Waals surface area contributed by atoms with Crippen LogP contribution in [-0.2, 0) is 11.3 Å². The molecule has 2 N–H and O–H groups in total. The highest BCUT2D eigenvalue weighted by molar-refractivity contribution is 9.13. The van der Waals surface area contributed by atoms with Crippen molar-refractivity contribution in [3.8, 4) is 0 Å². The van der Waals surface area contributed by atoms with Gasteiger partial charge in [-0.05, 0) is 37.9 Å². The van der Waals surface area contributed by atoms with Gasteiger partial charge in [-0.15, -0.1) is 0 Å². The number of halogens is 2. The first-order valence-electron chi connectivity index (χ1n) is 5.04. The summed E-state index contributed by atoms with van der Waals surface area (Å²) < 4.78 is 12.1. The lowest BCUT2D eigenvalue weighted by molar-refractivity contribution is 0.0265. The van der Waals surface area contributed by atoms with Crippen molar-refractivity contribution in [3.05, 3.63) is 21.0 Å². The molecule has 1 aliphatic rings. The van der Waals surface area contributed by atoms with Gasteiger partial charge in [0.15, 0.2) is 4.67 Å². The van der Waals surface area contributed by atoms with E-state index in [-0.39, 0.29) is 0 Å². The molecule has 1 aromatic rings. The minimum atomic E-state index is -0.721. The molecular formula is C10H13Br2NO3. The first-order valence-corrected chi connectivity index (χ1v) is 6.62. The third kappa shape index (κ3) is 3.07. The van der Waals surface area contributed by atoms with Crippen molar-refractivity contribution in [2.75, 3.05) is 19.8 Å². The fraction of sp³-hybridized carbons (Fsp3) is 0.600. The molecule has 0 radical (unpaired) electrons. The molecule has 0 spiro atoms. The highest BCUT2D eigenvalue weighted by atomic mass is 79.9. The van der Waals surface area contributed by atoms with Gasteiger partial charge < -0.3 is 19.6 Å². The summed E-state index contributed by atoms with van der Waals surface area (Å²) in [6.07, 6.45) is 0.686. The lowest BCUT2D eigenvalue weighted by Crippen LogP contribution is -2.40. The van der Waals surface area contributed by atoms with E-state index in [0.29, 0.717) is 37.4 Å². The van der Waals surface area contributed by atoms with Crippen LogP contribution in [0.2, 0.25) is 0 Å². The summed E-state index contributed by atoms with van der Waals surface area (Å²) >= 11 is 6.62. The van der Waals surface area contributed by atoms with Crippen LogP contribution in [0.4, 0.5) is 0 Å². The summed E-state index contributed by atoms with van der Waals surface area (Å²) in [6.45, 7) is 2.15. The van der Waals surface area contributed by atoms with E-state index in [1.807, 2.05) is 6.07 Å². The van der Waals surface area contributed by atoms with Gasteiger partial charge in [0, 0.05) is 19.6 Å². The summed E-state index contributed by atoms with van der Waals surface area (Å²) in [5, 5.41) is 13.2. The minimum Gasteiger partial charge on any atom is -0.452 e. The first kappa shape index (κ1) is 12.6. The van der Waals surface area contributed by atoms with Crippen LogP contribution >= 0.6 is 31.9 Å². The molecule has 0 saturated carbocycles. The average molecular weight is 355 g/mol. The van der Waals surface area contributed by atoms with Crippen LogP contribution in [-0.4, -0.2) is 30.5 Å². The van der Waals surface area contributed by atoms with Gasteiger partial charge in [0.2, 0.25) is 0 Å². The monoisotopic (exact) mass is 353 g/mol. The van der Waals surface area contributed by atoms with Crippen LogP contribution in [0.1, 0.15) is 12.2 Å². The van der Waals surface area contributed by atoms with Crippen LogP contribution in [0.3, 0.4) is 0 Å². The van der Waals surface area contributed by atoms with E-state index in [9.17, 15) is 5.11 Å². The van der Waals surface area contributed by atoms with Gasteiger partial charge in [-0.1, -0.05) is 0 Å². The molecule has 1 fully saturated rings. The van der Waals surface area contributed by atoms with Crippen LogP contribution in [0.5, 0.6) is 0 Å². The van der Waals surface area contributed by atoms with E-state index >= 15 is 0 Å². The Morgan fingerprint density at radius 1 is 1.50 bits per heavy atom. The van der Waals surface area contributed by atoms with Gasteiger partial charge in [-0.3, -0.25) is 0 Å². The van der Waals surface area contributed by atoms with Crippen molar-refractivity contribution in [1.82, 2.24) is 5.32 Å². The van der Waals surface area contributed by atoms with E-state index in [0.717, 1.165) is 10.2 Å². The Balaban J connectivity index is 1.79. The molecule has 0 aliphatic carbocycles. The van der Waals surface area contributed by atoms with Gasteiger partial charge in [0.25, 0.3) is 0 Å². The fourth-order valence-corrected chi connectivity index (χ4v) is 2.29. The maximum Gasteiger partial charge on any atom is 0.183 e. The third-order valence-corrected chi connectivity index (χ3v) is 4.24. The second-order valence-electron chi connectivity index (χ2n) is 3.96. The SMILES string of the molecule is OC1(CNCc2cc(Br)c(Br)o2)CCOC1. The smallest absolute Gasteiger partial charge is 0.183 e. The molecule has 0 bridgehead atoms. The second kappa shape index (κ2) is 5.18. The maximum absolute atomic E-state index is 9.99. The predicted molar refractivity (Wildman–Crippen MR) is 66.2 cm³/mol. The predicted octanol–water partition coefficient (Wildman–Crippen LogP) is 2.05. The molecule has 6 heteroatoms. The molecule has 1 atom stereocenters. The molecule has 4 nitrogen and oxygen atoms in total. The molecule has 2 rings (SSSR count). The highest BCUT2D eigenvalue weighted by Crippen LogP contribution is 2.26. The Labute approximate surface area is 111 Å². The average Bonchev–Trinajstić information content (AvgIpc) is 2.76. The molecule has 2 heterocycles. The van der Waals surface area contributed by atoms with Crippen molar-refractivity contribution in [1.29, 1.82) is 0 Å². The molecular weight excluding hydrogens is 342 g/mol. The van der Waals surface area contributed by atoms with Crippen LogP contribution in [0, 0.1) is 0 Å². The summed E-state index contributed by atoms with van der Waals surface area (Å²) in [6, 6.07) is 1.90. The number of nitrogens with one attached hydrogen (secondary N) is 1. The quantitative estimate of drug-likeness (QED) is 0.868. The zero-order chi connectivity index (χ0) is 11.6. The number of hydrogen-bond acceptors (Lipinski definition) is 4. The van der Waals surface area contributed by atoms with Gasteiger partial charge >= 0.3 is 0 Å². The Hall–Kier alpha value is 0.120. The first-order chi connectivity index (χ1) is 7.59. The van der Waals surface area contributed by atoms with E-state index in [1.54, 1.807) is 0 Å². The normalized spacial score (nSPS) is 25.2. The highest BCUT2D eigenvalue weighted by Gasteiger charge is 2.31. The van der Waals surface area contributed by atoms with Gasteiger partial charge in [0.05, 0.1) is 17.6 Å². The van der Waals surface area contributed by atoms with Crippen molar-refractivity contribution in [3.63, 3.8) is 0 Å². The summed E-state index contributed by atoms with van der Waals surface area (Å²) in [5.41, 5.74) is -0.721. The molecule has 1 saturated heterocycles. The van der Waals surface area contributed by atoms with E-state index < -0.39 is 5.60 Å². The van der Waals surface area contributed by atoms with E-state index in [1.165, 1.54) is 0 Å². The topological polar surface area (TPSA) is 54.6 Å². The number of aliphatic hydroxyl groups is 1. The van der Waals surface area contributed by atoms with Crippen LogP contribution in [0.25, 0.3) is 0 Å². The Morgan fingerprint density at radius 2 is 2.31 bits per heavy atom. The lowest BCUT2D eigenvalue weighted by atomic mass is 10.0. The summed E-state index contributed by atoms with van der Waals surface area (Å²) in [4.78, 5) is 0. The molecule has 16 heavy (non-hydrogen) atoms. The lowest BCUT2D eigenvalue weighted by Gasteiger charge is -2.20. The van der Waals surface area contributed by atoms with Crippen molar-refractivity contribution in [2.24, 2.45) is 0 Å². The van der Waals surface area contributed by atoms with Crippen LogP contribution < -0.4 is 5.32 Å². The number of furan rings is 1. The Kier molecular flexibility index (Phi) is 4.07. The van der Waals surface area contributed by atoms with Crippen LogP contribution in [0.15, 0.2) is 19.6 Å².